The average Bonchev–Trinajstić information content (AvgIpc) is 3.22. The van der Waals surface area contributed by atoms with Crippen LogP contribution in [0, 0.1) is 0 Å². The van der Waals surface area contributed by atoms with Crippen LogP contribution in [0.15, 0.2) is 59.1 Å². The SMILES string of the molecule is CCOCCOc1ccc(Br)cc1CNCc1cccc(N2CC=CC2)c1. The molecule has 5 heteroatoms. The summed E-state index contributed by atoms with van der Waals surface area (Å²) in [4.78, 5) is 2.36. The van der Waals surface area contributed by atoms with E-state index in [1.54, 1.807) is 0 Å². The number of halogens is 1. The van der Waals surface area contributed by atoms with E-state index in [9.17, 15) is 0 Å². The molecule has 144 valence electrons. The maximum Gasteiger partial charge on any atom is 0.123 e. The fourth-order valence-electron chi connectivity index (χ4n) is 3.08. The molecule has 1 N–H and O–H groups in total. The van der Waals surface area contributed by atoms with E-state index in [1.165, 1.54) is 11.3 Å². The maximum absolute atomic E-state index is 5.88. The predicted octanol–water partition coefficient (Wildman–Crippen LogP) is 4.53. The van der Waals surface area contributed by atoms with E-state index >= 15 is 0 Å². The number of hydrogen-bond donors (Lipinski definition) is 1. The first kappa shape index (κ1) is 19.9. The largest absolute Gasteiger partial charge is 0.491 e. The minimum absolute atomic E-state index is 0.564. The van der Waals surface area contributed by atoms with Gasteiger partial charge in [0.2, 0.25) is 0 Å². The van der Waals surface area contributed by atoms with Crippen LogP contribution in [-0.2, 0) is 17.8 Å². The number of nitrogens with zero attached hydrogens (tertiary/aromatic N) is 1. The van der Waals surface area contributed by atoms with Gasteiger partial charge in [0.15, 0.2) is 0 Å². The molecule has 0 atom stereocenters. The molecule has 0 saturated carbocycles. The second-order valence-electron chi connectivity index (χ2n) is 6.45. The average molecular weight is 431 g/mol. The Morgan fingerprint density at radius 3 is 2.70 bits per heavy atom. The molecule has 0 bridgehead atoms. The van der Waals surface area contributed by atoms with Crippen molar-refractivity contribution in [2.45, 2.75) is 20.0 Å². The lowest BCUT2D eigenvalue weighted by Gasteiger charge is -2.18. The molecule has 0 amide bonds. The minimum Gasteiger partial charge on any atom is -0.491 e. The Hall–Kier alpha value is -1.82. The van der Waals surface area contributed by atoms with Gasteiger partial charge in [0.05, 0.1) is 6.61 Å². The Morgan fingerprint density at radius 1 is 1.04 bits per heavy atom. The van der Waals surface area contributed by atoms with E-state index in [-0.39, 0.29) is 0 Å². The van der Waals surface area contributed by atoms with Crippen LogP contribution in [0.1, 0.15) is 18.1 Å². The molecule has 0 fully saturated rings. The van der Waals surface area contributed by atoms with Crippen LogP contribution >= 0.6 is 15.9 Å². The highest BCUT2D eigenvalue weighted by atomic mass is 79.9. The molecule has 2 aromatic rings. The third kappa shape index (κ3) is 6.09. The maximum atomic E-state index is 5.88. The topological polar surface area (TPSA) is 33.7 Å². The zero-order valence-corrected chi connectivity index (χ0v) is 17.4. The number of nitrogens with one attached hydrogen (secondary N) is 1. The Morgan fingerprint density at radius 2 is 1.89 bits per heavy atom. The van der Waals surface area contributed by atoms with Crippen LogP contribution in [0.3, 0.4) is 0 Å². The van der Waals surface area contributed by atoms with Crippen molar-refractivity contribution in [1.82, 2.24) is 5.32 Å². The summed E-state index contributed by atoms with van der Waals surface area (Å²) in [6, 6.07) is 14.9. The van der Waals surface area contributed by atoms with Crippen molar-refractivity contribution in [2.24, 2.45) is 0 Å². The normalized spacial score (nSPS) is 13.3. The van der Waals surface area contributed by atoms with Gasteiger partial charge < -0.3 is 19.7 Å². The summed E-state index contributed by atoms with van der Waals surface area (Å²) in [6.45, 7) is 7.44. The molecule has 1 heterocycles. The van der Waals surface area contributed by atoms with Gasteiger partial charge in [0.1, 0.15) is 12.4 Å². The smallest absolute Gasteiger partial charge is 0.123 e. The zero-order chi connectivity index (χ0) is 18.9. The van der Waals surface area contributed by atoms with E-state index in [0.29, 0.717) is 19.8 Å². The lowest BCUT2D eigenvalue weighted by atomic mass is 10.1. The molecule has 3 rings (SSSR count). The molecule has 0 spiro atoms. The molecule has 4 nitrogen and oxygen atoms in total. The van der Waals surface area contributed by atoms with Gasteiger partial charge >= 0.3 is 0 Å². The Kier molecular flexibility index (Phi) is 7.75. The number of ether oxygens (including phenoxy) is 2. The summed E-state index contributed by atoms with van der Waals surface area (Å²) < 4.78 is 12.3. The second-order valence-corrected chi connectivity index (χ2v) is 7.36. The van der Waals surface area contributed by atoms with Crippen molar-refractivity contribution in [3.8, 4) is 5.75 Å². The van der Waals surface area contributed by atoms with Crippen LogP contribution in [0.4, 0.5) is 5.69 Å². The lowest BCUT2D eigenvalue weighted by molar-refractivity contribution is 0.110. The zero-order valence-electron chi connectivity index (χ0n) is 15.8. The molecule has 0 aliphatic carbocycles. The molecule has 1 aliphatic rings. The highest BCUT2D eigenvalue weighted by Crippen LogP contribution is 2.24. The van der Waals surface area contributed by atoms with E-state index in [4.69, 9.17) is 9.47 Å². The van der Waals surface area contributed by atoms with E-state index in [2.05, 4.69) is 68.6 Å². The van der Waals surface area contributed by atoms with Gasteiger partial charge in [0.25, 0.3) is 0 Å². The summed E-state index contributed by atoms with van der Waals surface area (Å²) in [7, 11) is 0. The fraction of sp³-hybridized carbons (Fsp3) is 0.364. The second kappa shape index (κ2) is 10.5. The van der Waals surface area contributed by atoms with Crippen molar-refractivity contribution in [3.05, 3.63) is 70.2 Å². The number of rotatable bonds is 10. The Bertz CT molecular complexity index is 756. The fourth-order valence-corrected chi connectivity index (χ4v) is 3.48. The molecule has 1 aliphatic heterocycles. The molecule has 0 saturated heterocycles. The van der Waals surface area contributed by atoms with Gasteiger partial charge in [-0.15, -0.1) is 0 Å². The molecule has 0 aromatic heterocycles. The van der Waals surface area contributed by atoms with Crippen molar-refractivity contribution in [3.63, 3.8) is 0 Å². The summed E-state index contributed by atoms with van der Waals surface area (Å²) in [6.07, 6.45) is 4.43. The monoisotopic (exact) mass is 430 g/mol. The highest BCUT2D eigenvalue weighted by Gasteiger charge is 2.08. The van der Waals surface area contributed by atoms with Crippen LogP contribution in [0.5, 0.6) is 5.75 Å². The van der Waals surface area contributed by atoms with Gasteiger partial charge in [-0.3, -0.25) is 0 Å². The standard InChI is InChI=1S/C22H27BrN2O2/c1-2-26-12-13-27-22-9-8-20(23)15-19(22)17-24-16-18-6-5-7-21(14-18)25-10-3-4-11-25/h3-9,14-15,24H,2,10-13,16-17H2,1H3. The third-order valence-corrected chi connectivity index (χ3v) is 4.94. The first-order chi connectivity index (χ1) is 13.3. The van der Waals surface area contributed by atoms with Crippen LogP contribution in [-0.4, -0.2) is 32.9 Å². The Labute approximate surface area is 170 Å². The van der Waals surface area contributed by atoms with Gasteiger partial charge in [-0.2, -0.15) is 0 Å². The number of benzene rings is 2. The van der Waals surface area contributed by atoms with Crippen LogP contribution in [0.2, 0.25) is 0 Å². The van der Waals surface area contributed by atoms with Crippen molar-refractivity contribution in [1.29, 1.82) is 0 Å². The van der Waals surface area contributed by atoms with Crippen molar-refractivity contribution < 1.29 is 9.47 Å². The highest BCUT2D eigenvalue weighted by molar-refractivity contribution is 9.10. The van der Waals surface area contributed by atoms with Crippen molar-refractivity contribution in [2.75, 3.05) is 37.8 Å². The van der Waals surface area contributed by atoms with Gasteiger partial charge in [0, 0.05) is 48.5 Å². The van der Waals surface area contributed by atoms with Gasteiger partial charge in [-0.1, -0.05) is 40.2 Å². The predicted molar refractivity (Wildman–Crippen MR) is 114 cm³/mol. The third-order valence-electron chi connectivity index (χ3n) is 4.45. The minimum atomic E-state index is 0.564. The first-order valence-corrected chi connectivity index (χ1v) is 10.2. The van der Waals surface area contributed by atoms with Gasteiger partial charge in [-0.05, 0) is 42.8 Å². The van der Waals surface area contributed by atoms with E-state index in [0.717, 1.165) is 42.0 Å². The first-order valence-electron chi connectivity index (χ1n) is 9.45. The van der Waals surface area contributed by atoms with Crippen molar-refractivity contribution >= 4 is 21.6 Å². The molecule has 2 aromatic carbocycles. The summed E-state index contributed by atoms with van der Waals surface area (Å²) in [5.41, 5.74) is 3.70. The molecule has 0 radical (unpaired) electrons. The molecule has 0 unspecified atom stereocenters. The summed E-state index contributed by atoms with van der Waals surface area (Å²) >= 11 is 3.55. The quantitative estimate of drug-likeness (QED) is 0.443. The van der Waals surface area contributed by atoms with E-state index in [1.807, 2.05) is 19.1 Å². The van der Waals surface area contributed by atoms with Crippen LogP contribution in [0.25, 0.3) is 0 Å². The van der Waals surface area contributed by atoms with Gasteiger partial charge in [-0.25, -0.2) is 0 Å². The summed E-state index contributed by atoms with van der Waals surface area (Å²) in [5.74, 6) is 0.905. The Balaban J connectivity index is 1.55. The van der Waals surface area contributed by atoms with Crippen LogP contribution < -0.4 is 15.0 Å². The molecular formula is C22H27BrN2O2. The molecular weight excluding hydrogens is 404 g/mol. The van der Waals surface area contributed by atoms with E-state index < -0.39 is 0 Å². The lowest BCUT2D eigenvalue weighted by Crippen LogP contribution is -2.19. The summed E-state index contributed by atoms with van der Waals surface area (Å²) in [5, 5.41) is 3.54. The number of anilines is 1. The number of hydrogen-bond acceptors (Lipinski definition) is 4. The molecule has 27 heavy (non-hydrogen) atoms.